The molecule has 19 heavy (non-hydrogen) atoms. The van der Waals surface area contributed by atoms with E-state index in [1.165, 1.54) is 0 Å². The Morgan fingerprint density at radius 2 is 1.89 bits per heavy atom. The SMILES string of the molecule is O=C(Cc1n[nH]c(=O)c2ccccc12)N1CCCC1. The van der Waals surface area contributed by atoms with Crippen molar-refractivity contribution in [3.05, 3.63) is 40.3 Å². The third kappa shape index (κ3) is 2.23. The van der Waals surface area contributed by atoms with Gasteiger partial charge in [-0.3, -0.25) is 9.59 Å². The number of amides is 1. The van der Waals surface area contributed by atoms with Crippen LogP contribution in [0.15, 0.2) is 29.1 Å². The third-order valence-electron chi connectivity index (χ3n) is 3.55. The van der Waals surface area contributed by atoms with Crippen molar-refractivity contribution in [3.8, 4) is 0 Å². The molecule has 0 spiro atoms. The van der Waals surface area contributed by atoms with Gasteiger partial charge in [0.05, 0.1) is 17.5 Å². The van der Waals surface area contributed by atoms with E-state index in [9.17, 15) is 9.59 Å². The summed E-state index contributed by atoms with van der Waals surface area (Å²) in [7, 11) is 0. The number of carbonyl (C=O) groups excluding carboxylic acids is 1. The normalized spacial score (nSPS) is 15.1. The maximum Gasteiger partial charge on any atom is 0.272 e. The Balaban J connectivity index is 1.95. The topological polar surface area (TPSA) is 66.1 Å². The highest BCUT2D eigenvalue weighted by Crippen LogP contribution is 2.15. The van der Waals surface area contributed by atoms with Crippen molar-refractivity contribution >= 4 is 16.7 Å². The van der Waals surface area contributed by atoms with Crippen molar-refractivity contribution in [2.75, 3.05) is 13.1 Å². The molecule has 5 heteroatoms. The Kier molecular flexibility index (Phi) is 3.03. The van der Waals surface area contributed by atoms with Gasteiger partial charge in [-0.2, -0.15) is 5.10 Å². The summed E-state index contributed by atoms with van der Waals surface area (Å²) in [5, 5.41) is 7.84. The molecule has 3 rings (SSSR count). The van der Waals surface area contributed by atoms with Gasteiger partial charge >= 0.3 is 0 Å². The number of rotatable bonds is 2. The largest absolute Gasteiger partial charge is 0.342 e. The van der Waals surface area contributed by atoms with E-state index in [4.69, 9.17) is 0 Å². The summed E-state index contributed by atoms with van der Waals surface area (Å²) in [6, 6.07) is 7.25. The van der Waals surface area contributed by atoms with Gasteiger partial charge in [-0.25, -0.2) is 5.10 Å². The summed E-state index contributed by atoms with van der Waals surface area (Å²) in [4.78, 5) is 25.7. The highest BCUT2D eigenvalue weighted by Gasteiger charge is 2.19. The molecule has 0 aliphatic carbocycles. The summed E-state index contributed by atoms with van der Waals surface area (Å²) in [5.74, 6) is 0.0854. The lowest BCUT2D eigenvalue weighted by molar-refractivity contribution is -0.129. The molecular formula is C14H15N3O2. The second kappa shape index (κ2) is 4.84. The minimum atomic E-state index is -0.215. The average molecular weight is 257 g/mol. The highest BCUT2D eigenvalue weighted by molar-refractivity contribution is 5.88. The Bertz CT molecular complexity index is 672. The molecule has 1 aromatic carbocycles. The molecule has 1 aliphatic heterocycles. The predicted octanol–water partition coefficient (Wildman–Crippen LogP) is 1.09. The molecule has 0 radical (unpaired) electrons. The van der Waals surface area contributed by atoms with Gasteiger partial charge < -0.3 is 4.90 Å². The summed E-state index contributed by atoms with van der Waals surface area (Å²) in [6.07, 6.45) is 2.40. The van der Waals surface area contributed by atoms with E-state index in [0.717, 1.165) is 31.3 Å². The Morgan fingerprint density at radius 1 is 1.21 bits per heavy atom. The van der Waals surface area contributed by atoms with Crippen molar-refractivity contribution in [2.45, 2.75) is 19.3 Å². The first-order chi connectivity index (χ1) is 9.25. The summed E-state index contributed by atoms with van der Waals surface area (Å²) >= 11 is 0. The van der Waals surface area contributed by atoms with Crippen molar-refractivity contribution in [1.82, 2.24) is 15.1 Å². The molecule has 0 saturated carbocycles. The molecular weight excluding hydrogens is 242 g/mol. The fraction of sp³-hybridized carbons (Fsp3) is 0.357. The van der Waals surface area contributed by atoms with Crippen LogP contribution in [0.4, 0.5) is 0 Å². The van der Waals surface area contributed by atoms with Crippen LogP contribution in [0.1, 0.15) is 18.5 Å². The fourth-order valence-corrected chi connectivity index (χ4v) is 2.53. The lowest BCUT2D eigenvalue weighted by atomic mass is 10.1. The van der Waals surface area contributed by atoms with Crippen LogP contribution in [0.2, 0.25) is 0 Å². The molecule has 2 aromatic rings. The lowest BCUT2D eigenvalue weighted by Gasteiger charge is -2.15. The molecule has 0 atom stereocenters. The third-order valence-corrected chi connectivity index (χ3v) is 3.55. The van der Waals surface area contributed by atoms with Crippen LogP contribution in [-0.2, 0) is 11.2 Å². The molecule has 1 saturated heterocycles. The number of nitrogens with one attached hydrogen (secondary N) is 1. The van der Waals surface area contributed by atoms with Crippen LogP contribution in [0.3, 0.4) is 0 Å². The quantitative estimate of drug-likeness (QED) is 0.875. The summed E-state index contributed by atoms with van der Waals surface area (Å²) < 4.78 is 0. The molecule has 1 amide bonds. The van der Waals surface area contributed by atoms with E-state index in [2.05, 4.69) is 10.2 Å². The predicted molar refractivity (Wildman–Crippen MR) is 71.9 cm³/mol. The first-order valence-corrected chi connectivity index (χ1v) is 6.50. The van der Waals surface area contributed by atoms with Gasteiger partial charge in [0.15, 0.2) is 0 Å². The summed E-state index contributed by atoms with van der Waals surface area (Å²) in [6.45, 7) is 1.67. The molecule has 1 aromatic heterocycles. The fourth-order valence-electron chi connectivity index (χ4n) is 2.53. The number of fused-ring (bicyclic) bond motifs is 1. The number of aromatic amines is 1. The number of carbonyl (C=O) groups is 1. The number of benzene rings is 1. The van der Waals surface area contributed by atoms with Gasteiger partial charge in [-0.15, -0.1) is 0 Å². The van der Waals surface area contributed by atoms with E-state index in [1.54, 1.807) is 6.07 Å². The highest BCUT2D eigenvalue weighted by atomic mass is 16.2. The number of aromatic nitrogens is 2. The molecule has 0 unspecified atom stereocenters. The molecule has 2 heterocycles. The molecule has 1 fully saturated rings. The van der Waals surface area contributed by atoms with Crippen molar-refractivity contribution in [1.29, 1.82) is 0 Å². The van der Waals surface area contributed by atoms with E-state index in [-0.39, 0.29) is 17.9 Å². The van der Waals surface area contributed by atoms with E-state index in [1.807, 2.05) is 23.1 Å². The van der Waals surface area contributed by atoms with Crippen LogP contribution < -0.4 is 5.56 Å². The van der Waals surface area contributed by atoms with Crippen LogP contribution >= 0.6 is 0 Å². The smallest absolute Gasteiger partial charge is 0.272 e. The van der Waals surface area contributed by atoms with Gasteiger partial charge in [0.1, 0.15) is 0 Å². The maximum atomic E-state index is 12.1. The first kappa shape index (κ1) is 11.9. The second-order valence-electron chi connectivity index (χ2n) is 4.81. The van der Waals surface area contributed by atoms with Crippen LogP contribution in [0.25, 0.3) is 10.8 Å². The van der Waals surface area contributed by atoms with Gasteiger partial charge in [0.25, 0.3) is 5.56 Å². The van der Waals surface area contributed by atoms with Crippen LogP contribution in [0, 0.1) is 0 Å². The van der Waals surface area contributed by atoms with Crippen LogP contribution in [0.5, 0.6) is 0 Å². The first-order valence-electron chi connectivity index (χ1n) is 6.50. The molecule has 1 aliphatic rings. The van der Waals surface area contributed by atoms with Gasteiger partial charge in [0, 0.05) is 18.5 Å². The minimum Gasteiger partial charge on any atom is -0.342 e. The number of hydrogen-bond acceptors (Lipinski definition) is 3. The molecule has 1 N–H and O–H groups in total. The van der Waals surface area contributed by atoms with Crippen molar-refractivity contribution < 1.29 is 4.79 Å². The van der Waals surface area contributed by atoms with E-state index < -0.39 is 0 Å². The summed E-state index contributed by atoms with van der Waals surface area (Å²) in [5.41, 5.74) is 0.431. The number of likely N-dealkylation sites (tertiary alicyclic amines) is 1. The maximum absolute atomic E-state index is 12.1. The van der Waals surface area contributed by atoms with Gasteiger partial charge in [-0.1, -0.05) is 18.2 Å². The zero-order chi connectivity index (χ0) is 13.2. The van der Waals surface area contributed by atoms with Crippen LogP contribution in [-0.4, -0.2) is 34.1 Å². The Labute approximate surface area is 110 Å². The average Bonchev–Trinajstić information content (AvgIpc) is 2.96. The second-order valence-corrected chi connectivity index (χ2v) is 4.81. The van der Waals surface area contributed by atoms with Gasteiger partial charge in [0.2, 0.25) is 5.91 Å². The Hall–Kier alpha value is -2.17. The molecule has 5 nitrogen and oxygen atoms in total. The lowest BCUT2D eigenvalue weighted by Crippen LogP contribution is -2.29. The van der Waals surface area contributed by atoms with E-state index >= 15 is 0 Å². The molecule has 98 valence electrons. The van der Waals surface area contributed by atoms with Crippen molar-refractivity contribution in [3.63, 3.8) is 0 Å². The zero-order valence-corrected chi connectivity index (χ0v) is 10.6. The number of H-pyrrole nitrogens is 1. The van der Waals surface area contributed by atoms with Gasteiger partial charge in [-0.05, 0) is 18.9 Å². The minimum absolute atomic E-state index is 0.0854. The number of nitrogens with zero attached hydrogens (tertiary/aromatic N) is 2. The Morgan fingerprint density at radius 3 is 2.63 bits per heavy atom. The van der Waals surface area contributed by atoms with Crippen molar-refractivity contribution in [2.24, 2.45) is 0 Å². The van der Waals surface area contributed by atoms with E-state index in [0.29, 0.717) is 11.1 Å². The standard InChI is InChI=1S/C14H15N3O2/c18-13(17-7-3-4-8-17)9-12-10-5-1-2-6-11(10)14(19)16-15-12/h1-2,5-6H,3-4,7-9H2,(H,16,19). The molecule has 0 bridgehead atoms. The monoisotopic (exact) mass is 257 g/mol. The zero-order valence-electron chi connectivity index (χ0n) is 10.6. The number of hydrogen-bond donors (Lipinski definition) is 1.